The van der Waals surface area contributed by atoms with Crippen LogP contribution in [0.1, 0.15) is 83.5 Å². The summed E-state index contributed by atoms with van der Waals surface area (Å²) in [7, 11) is -9.59. The van der Waals surface area contributed by atoms with Gasteiger partial charge in [-0.15, -0.1) is 0 Å². The predicted octanol–water partition coefficient (Wildman–Crippen LogP) is 3.02. The van der Waals surface area contributed by atoms with Crippen LogP contribution in [0.5, 0.6) is 5.75 Å². The fourth-order valence-corrected chi connectivity index (χ4v) is 7.40. The van der Waals surface area contributed by atoms with Crippen LogP contribution in [-0.2, 0) is 25.8 Å². The summed E-state index contributed by atoms with van der Waals surface area (Å²) in [5, 5.41) is 7.88. The molecular weight excluding hydrogens is 545 g/mol. The van der Waals surface area contributed by atoms with Gasteiger partial charge in [-0.3, -0.25) is 14.2 Å². The standard InChI is InChI=1S/C26H36N3O8PS/c1-17(21-12-13-23(22(15-21)25(27)31)37-16-19-5-3-2-4-6-19)29-24(30)14-9-18-7-10-20(11-8-18)26(38(32,33)34)39(28,35)36/h7-8,10-13,15,17,19,26H,2-6,9,14,16H2,1H3,(H2,27,31)(H,29,30)(H2,28,35,36)(H2,32,33,34)/t17-,26?/m0/s1. The molecule has 214 valence electrons. The molecule has 2 amide bonds. The molecule has 0 aliphatic heterocycles. The van der Waals surface area contributed by atoms with Crippen molar-refractivity contribution in [3.8, 4) is 5.75 Å². The molecule has 11 nitrogen and oxygen atoms in total. The van der Waals surface area contributed by atoms with E-state index in [1.54, 1.807) is 25.1 Å². The highest BCUT2D eigenvalue weighted by molar-refractivity contribution is 7.95. The molecule has 0 bridgehead atoms. The molecule has 0 spiro atoms. The summed E-state index contributed by atoms with van der Waals surface area (Å²) < 4.78 is 40.9. The van der Waals surface area contributed by atoms with Gasteiger partial charge in [-0.05, 0) is 60.9 Å². The number of primary sulfonamides is 1. The summed E-state index contributed by atoms with van der Waals surface area (Å²) in [6.45, 7) is 2.32. The normalized spacial score (nSPS) is 16.3. The number of hydrogen-bond acceptors (Lipinski definition) is 6. The minimum atomic E-state index is -5.05. The van der Waals surface area contributed by atoms with Gasteiger partial charge in [-0.1, -0.05) is 49.6 Å². The second-order valence-corrected chi connectivity index (χ2v) is 13.7. The van der Waals surface area contributed by atoms with Gasteiger partial charge in [0.1, 0.15) is 5.75 Å². The zero-order valence-corrected chi connectivity index (χ0v) is 23.5. The van der Waals surface area contributed by atoms with E-state index < -0.39 is 34.6 Å². The number of carbonyl (C=O) groups is 2. The van der Waals surface area contributed by atoms with E-state index in [0.717, 1.165) is 12.8 Å². The quantitative estimate of drug-likeness (QED) is 0.235. The largest absolute Gasteiger partial charge is 0.492 e. The highest BCUT2D eigenvalue weighted by Crippen LogP contribution is 2.54. The van der Waals surface area contributed by atoms with Gasteiger partial charge in [-0.25, -0.2) is 13.6 Å². The number of primary amides is 1. The maximum Gasteiger partial charge on any atom is 0.349 e. The SMILES string of the molecule is C[C@H](NC(=O)CCc1ccc(C(P(=O)(O)O)S(N)(=O)=O)cc1)c1ccc(OCC2CCCCC2)c(C(N)=O)c1. The van der Waals surface area contributed by atoms with Crippen LogP contribution in [0.4, 0.5) is 0 Å². The summed E-state index contributed by atoms with van der Waals surface area (Å²) in [6.07, 6.45) is 6.25. The van der Waals surface area contributed by atoms with Crippen molar-refractivity contribution in [2.45, 2.75) is 62.9 Å². The Morgan fingerprint density at radius 2 is 1.69 bits per heavy atom. The number of nitrogens with one attached hydrogen (secondary N) is 1. The molecule has 0 heterocycles. The number of aryl methyl sites for hydroxylation is 1. The van der Waals surface area contributed by atoms with Crippen molar-refractivity contribution < 1.29 is 37.1 Å². The van der Waals surface area contributed by atoms with Crippen molar-refractivity contribution in [3.05, 3.63) is 64.7 Å². The average Bonchev–Trinajstić information content (AvgIpc) is 2.85. The molecule has 2 atom stereocenters. The lowest BCUT2D eigenvalue weighted by molar-refractivity contribution is -0.121. The monoisotopic (exact) mass is 581 g/mol. The molecule has 1 aliphatic rings. The fraction of sp³-hybridized carbons (Fsp3) is 0.462. The molecule has 1 saturated carbocycles. The number of rotatable bonds is 12. The zero-order chi connectivity index (χ0) is 28.8. The molecule has 13 heteroatoms. The number of sulfonamides is 1. The third-order valence-corrected chi connectivity index (χ3v) is 10.4. The Balaban J connectivity index is 1.58. The molecule has 7 N–H and O–H groups in total. The molecule has 0 aromatic heterocycles. The van der Waals surface area contributed by atoms with Gasteiger partial charge in [0.2, 0.25) is 20.9 Å². The molecule has 39 heavy (non-hydrogen) atoms. The zero-order valence-electron chi connectivity index (χ0n) is 21.8. The van der Waals surface area contributed by atoms with Crippen LogP contribution in [0.15, 0.2) is 42.5 Å². The van der Waals surface area contributed by atoms with Crippen molar-refractivity contribution in [2.24, 2.45) is 16.8 Å². The van der Waals surface area contributed by atoms with Crippen LogP contribution >= 0.6 is 7.60 Å². The van der Waals surface area contributed by atoms with Gasteiger partial charge in [0, 0.05) is 6.42 Å². The van der Waals surface area contributed by atoms with Gasteiger partial charge in [0.15, 0.2) is 0 Å². The van der Waals surface area contributed by atoms with Crippen LogP contribution in [0, 0.1) is 5.92 Å². The molecule has 2 aromatic rings. The van der Waals surface area contributed by atoms with Crippen LogP contribution in [0.25, 0.3) is 0 Å². The summed E-state index contributed by atoms with van der Waals surface area (Å²) in [6, 6.07) is 10.2. The Morgan fingerprint density at radius 1 is 1.08 bits per heavy atom. The molecule has 0 radical (unpaired) electrons. The van der Waals surface area contributed by atoms with Crippen LogP contribution in [-0.4, -0.2) is 36.6 Å². The summed E-state index contributed by atoms with van der Waals surface area (Å²) in [5.41, 5.74) is 7.07. The summed E-state index contributed by atoms with van der Waals surface area (Å²) in [5.74, 6) is 0.0281. The van der Waals surface area contributed by atoms with E-state index in [4.69, 9.17) is 15.6 Å². The Morgan fingerprint density at radius 3 is 2.26 bits per heavy atom. The highest BCUT2D eigenvalue weighted by Gasteiger charge is 2.40. The van der Waals surface area contributed by atoms with Crippen molar-refractivity contribution in [1.82, 2.24) is 5.32 Å². The minimum absolute atomic E-state index is 0.103. The Kier molecular flexibility index (Phi) is 10.3. The minimum Gasteiger partial charge on any atom is -0.492 e. The second-order valence-electron chi connectivity index (χ2n) is 10.00. The van der Waals surface area contributed by atoms with Crippen LogP contribution in [0.2, 0.25) is 0 Å². The Labute approximate surface area is 228 Å². The smallest absolute Gasteiger partial charge is 0.349 e. The molecule has 1 fully saturated rings. The van der Waals surface area contributed by atoms with E-state index in [9.17, 15) is 32.4 Å². The van der Waals surface area contributed by atoms with Gasteiger partial charge >= 0.3 is 7.60 Å². The number of ether oxygens (including phenoxy) is 1. The molecule has 1 unspecified atom stereocenters. The third kappa shape index (κ3) is 8.87. The molecule has 1 aliphatic carbocycles. The Bertz CT molecular complexity index is 1320. The maximum atomic E-state index is 12.6. The number of nitrogens with two attached hydrogens (primary N) is 2. The molecule has 2 aromatic carbocycles. The number of benzene rings is 2. The number of hydrogen-bond donors (Lipinski definition) is 5. The van der Waals surface area contributed by atoms with Gasteiger partial charge in [-0.2, -0.15) is 0 Å². The van der Waals surface area contributed by atoms with Crippen molar-refractivity contribution in [3.63, 3.8) is 0 Å². The van der Waals surface area contributed by atoms with E-state index in [-0.39, 0.29) is 23.5 Å². The van der Waals surface area contributed by atoms with E-state index in [1.165, 1.54) is 43.5 Å². The topological polar surface area (TPSA) is 199 Å². The van der Waals surface area contributed by atoms with Gasteiger partial charge in [0.25, 0.3) is 5.91 Å². The second kappa shape index (κ2) is 13.1. The van der Waals surface area contributed by atoms with Crippen LogP contribution in [0.3, 0.4) is 0 Å². The first-order valence-corrected chi connectivity index (χ1v) is 16.1. The summed E-state index contributed by atoms with van der Waals surface area (Å²) >= 11 is 0. The fourth-order valence-electron chi connectivity index (χ4n) is 4.78. The van der Waals surface area contributed by atoms with Crippen LogP contribution < -0.4 is 20.9 Å². The maximum absolute atomic E-state index is 12.6. The van der Waals surface area contributed by atoms with Crippen molar-refractivity contribution >= 4 is 29.4 Å². The molecule has 0 saturated heterocycles. The molecular formula is C26H36N3O8PS. The number of carbonyl (C=O) groups excluding carboxylic acids is 2. The van der Waals surface area contributed by atoms with Gasteiger partial charge < -0.3 is 25.6 Å². The van der Waals surface area contributed by atoms with Crippen molar-refractivity contribution in [1.29, 1.82) is 0 Å². The van der Waals surface area contributed by atoms with Crippen molar-refractivity contribution in [2.75, 3.05) is 6.61 Å². The lowest BCUT2D eigenvalue weighted by Crippen LogP contribution is -2.27. The molecule has 3 rings (SSSR count). The van der Waals surface area contributed by atoms with E-state index in [2.05, 4.69) is 5.32 Å². The lowest BCUT2D eigenvalue weighted by atomic mass is 9.90. The van der Waals surface area contributed by atoms with E-state index in [1.807, 2.05) is 0 Å². The first kappa shape index (κ1) is 30.8. The summed E-state index contributed by atoms with van der Waals surface area (Å²) in [4.78, 5) is 41.3. The van der Waals surface area contributed by atoms with E-state index in [0.29, 0.717) is 35.8 Å². The average molecular weight is 582 g/mol. The number of amides is 2. The lowest BCUT2D eigenvalue weighted by Gasteiger charge is -2.22. The van der Waals surface area contributed by atoms with Gasteiger partial charge in [0.05, 0.1) is 18.2 Å². The third-order valence-electron chi connectivity index (χ3n) is 6.87. The first-order chi connectivity index (χ1) is 18.3. The first-order valence-electron chi connectivity index (χ1n) is 12.8. The highest BCUT2D eigenvalue weighted by atomic mass is 32.2. The van der Waals surface area contributed by atoms with E-state index >= 15 is 0 Å². The Hall–Kier alpha value is -2.76. The predicted molar refractivity (Wildman–Crippen MR) is 146 cm³/mol.